The lowest BCUT2D eigenvalue weighted by atomic mass is 10.3. The van der Waals surface area contributed by atoms with Gasteiger partial charge in [-0.3, -0.25) is 4.79 Å². The molecule has 0 aromatic heterocycles. The van der Waals surface area contributed by atoms with Crippen molar-refractivity contribution in [3.8, 4) is 0 Å². The molecule has 2 amide bonds. The van der Waals surface area contributed by atoms with E-state index in [2.05, 4.69) is 5.32 Å². The van der Waals surface area contributed by atoms with Gasteiger partial charge in [-0.2, -0.15) is 13.2 Å². The van der Waals surface area contributed by atoms with E-state index in [1.54, 1.807) is 0 Å². The van der Waals surface area contributed by atoms with Crippen LogP contribution in [0.25, 0.3) is 0 Å². The van der Waals surface area contributed by atoms with Gasteiger partial charge in [0.2, 0.25) is 0 Å². The number of alkyl halides is 3. The zero-order valence-corrected chi connectivity index (χ0v) is 9.38. The Morgan fingerprint density at radius 1 is 1.35 bits per heavy atom. The molecule has 8 heteroatoms. The van der Waals surface area contributed by atoms with E-state index < -0.39 is 31.1 Å². The molecule has 0 saturated heterocycles. The number of nitrogens with one attached hydrogen (secondary N) is 1. The minimum Gasteiger partial charge on any atom is -0.481 e. The molecule has 0 atom stereocenters. The molecule has 0 aliphatic rings. The summed E-state index contributed by atoms with van der Waals surface area (Å²) >= 11 is 0. The van der Waals surface area contributed by atoms with E-state index in [1.165, 1.54) is 7.05 Å². The number of aliphatic carboxylic acids is 1. The van der Waals surface area contributed by atoms with Crippen molar-refractivity contribution in [3.05, 3.63) is 0 Å². The van der Waals surface area contributed by atoms with Crippen LogP contribution in [0.2, 0.25) is 0 Å². The van der Waals surface area contributed by atoms with E-state index in [9.17, 15) is 22.8 Å². The lowest BCUT2D eigenvalue weighted by Crippen LogP contribution is -2.39. The molecule has 0 aliphatic heterocycles. The van der Waals surface area contributed by atoms with Crippen LogP contribution in [0.1, 0.15) is 19.3 Å². The Balaban J connectivity index is 3.71. The van der Waals surface area contributed by atoms with E-state index in [-0.39, 0.29) is 19.4 Å². The van der Waals surface area contributed by atoms with Gasteiger partial charge >= 0.3 is 18.2 Å². The van der Waals surface area contributed by atoms with E-state index in [4.69, 9.17) is 5.11 Å². The molecular formula is C9H15F3N2O3. The predicted octanol–water partition coefficient (Wildman–Crippen LogP) is 1.44. The topological polar surface area (TPSA) is 69.6 Å². The summed E-state index contributed by atoms with van der Waals surface area (Å²) in [5.41, 5.74) is 0. The normalized spacial score (nSPS) is 11.1. The Labute approximate surface area is 96.6 Å². The van der Waals surface area contributed by atoms with Crippen LogP contribution < -0.4 is 5.32 Å². The first-order valence-electron chi connectivity index (χ1n) is 5.00. The van der Waals surface area contributed by atoms with Crippen molar-refractivity contribution in [1.82, 2.24) is 10.2 Å². The number of hydrogen-bond acceptors (Lipinski definition) is 2. The second-order valence-corrected chi connectivity index (χ2v) is 3.52. The summed E-state index contributed by atoms with van der Waals surface area (Å²) in [5.74, 6) is -0.976. The minimum absolute atomic E-state index is 0.0832. The first-order chi connectivity index (χ1) is 7.72. The number of nitrogens with zero attached hydrogens (tertiary/aromatic N) is 1. The number of rotatable bonds is 6. The van der Waals surface area contributed by atoms with E-state index in [1.807, 2.05) is 0 Å². The molecule has 0 unspecified atom stereocenters. The maximum absolute atomic E-state index is 11.8. The molecule has 5 nitrogen and oxygen atoms in total. The molecule has 0 radical (unpaired) electrons. The molecule has 0 heterocycles. The Kier molecular flexibility index (Phi) is 6.37. The maximum atomic E-state index is 11.8. The fourth-order valence-corrected chi connectivity index (χ4v) is 1.02. The van der Waals surface area contributed by atoms with Crippen molar-refractivity contribution in [3.63, 3.8) is 0 Å². The number of carbonyl (C=O) groups is 2. The fourth-order valence-electron chi connectivity index (χ4n) is 1.02. The number of urea groups is 1. The van der Waals surface area contributed by atoms with Crippen molar-refractivity contribution >= 4 is 12.0 Å². The second kappa shape index (κ2) is 6.97. The average Bonchev–Trinajstić information content (AvgIpc) is 2.14. The standard InChI is InChI=1S/C9H15F3N2O3/c1-14(6-2-3-7(15)16)8(17)13-5-4-9(10,11)12/h2-6H2,1H3,(H,13,17)(H,15,16). The molecule has 100 valence electrons. The maximum Gasteiger partial charge on any atom is 0.390 e. The highest BCUT2D eigenvalue weighted by atomic mass is 19.4. The number of carboxylic acids is 1. The first kappa shape index (κ1) is 15.5. The molecule has 0 rings (SSSR count). The largest absolute Gasteiger partial charge is 0.481 e. The van der Waals surface area contributed by atoms with Crippen molar-refractivity contribution < 1.29 is 27.9 Å². The molecule has 0 spiro atoms. The molecule has 2 N–H and O–H groups in total. The Morgan fingerprint density at radius 3 is 2.41 bits per heavy atom. The van der Waals surface area contributed by atoms with Gasteiger partial charge in [-0.1, -0.05) is 0 Å². The third-order valence-corrected chi connectivity index (χ3v) is 1.92. The number of carbonyl (C=O) groups excluding carboxylic acids is 1. The fraction of sp³-hybridized carbons (Fsp3) is 0.778. The SMILES string of the molecule is CN(CCCC(=O)O)C(=O)NCCC(F)(F)F. The number of amides is 2. The molecule has 0 bridgehead atoms. The second-order valence-electron chi connectivity index (χ2n) is 3.52. The van der Waals surface area contributed by atoms with Crippen LogP contribution >= 0.6 is 0 Å². The third-order valence-electron chi connectivity index (χ3n) is 1.92. The van der Waals surface area contributed by atoms with Gasteiger partial charge in [0.05, 0.1) is 6.42 Å². The Bertz CT molecular complexity index is 269. The van der Waals surface area contributed by atoms with Crippen molar-refractivity contribution in [2.75, 3.05) is 20.1 Å². The minimum atomic E-state index is -4.30. The van der Waals surface area contributed by atoms with Crippen LogP contribution in [-0.2, 0) is 4.79 Å². The van der Waals surface area contributed by atoms with E-state index in [0.717, 1.165) is 4.90 Å². The molecule has 0 fully saturated rings. The van der Waals surface area contributed by atoms with Gasteiger partial charge in [0.25, 0.3) is 0 Å². The number of carboxylic acid groups (broad SMARTS) is 1. The highest BCUT2D eigenvalue weighted by molar-refractivity contribution is 5.73. The Morgan fingerprint density at radius 2 is 1.94 bits per heavy atom. The Hall–Kier alpha value is -1.47. The summed E-state index contributed by atoms with van der Waals surface area (Å²) < 4.78 is 35.3. The summed E-state index contributed by atoms with van der Waals surface area (Å²) in [5, 5.41) is 10.4. The highest BCUT2D eigenvalue weighted by Crippen LogP contribution is 2.18. The average molecular weight is 256 g/mol. The summed E-state index contributed by atoms with van der Waals surface area (Å²) in [7, 11) is 1.39. The van der Waals surface area contributed by atoms with Crippen LogP contribution in [-0.4, -0.2) is 48.3 Å². The van der Waals surface area contributed by atoms with Crippen LogP contribution in [0.3, 0.4) is 0 Å². The van der Waals surface area contributed by atoms with Gasteiger partial charge < -0.3 is 15.3 Å². The zero-order chi connectivity index (χ0) is 13.5. The molecule has 0 aliphatic carbocycles. The van der Waals surface area contributed by atoms with Crippen LogP contribution in [0.15, 0.2) is 0 Å². The van der Waals surface area contributed by atoms with Gasteiger partial charge in [-0.15, -0.1) is 0 Å². The lowest BCUT2D eigenvalue weighted by Gasteiger charge is -2.17. The number of hydrogen-bond donors (Lipinski definition) is 2. The van der Waals surface area contributed by atoms with Gasteiger partial charge in [-0.25, -0.2) is 4.79 Å². The molecule has 0 aromatic carbocycles. The summed E-state index contributed by atoms with van der Waals surface area (Å²) in [4.78, 5) is 22.5. The predicted molar refractivity (Wildman–Crippen MR) is 53.6 cm³/mol. The summed E-state index contributed by atoms with van der Waals surface area (Å²) in [6.45, 7) is -0.296. The number of halogens is 3. The van der Waals surface area contributed by atoms with Gasteiger partial charge in [0.1, 0.15) is 0 Å². The van der Waals surface area contributed by atoms with Crippen LogP contribution in [0, 0.1) is 0 Å². The summed E-state index contributed by atoms with van der Waals surface area (Å²) in [6, 6.07) is -0.639. The van der Waals surface area contributed by atoms with Crippen molar-refractivity contribution in [1.29, 1.82) is 0 Å². The highest BCUT2D eigenvalue weighted by Gasteiger charge is 2.26. The molecular weight excluding hydrogens is 241 g/mol. The zero-order valence-electron chi connectivity index (χ0n) is 9.38. The third kappa shape index (κ3) is 9.46. The van der Waals surface area contributed by atoms with Crippen LogP contribution in [0.4, 0.5) is 18.0 Å². The van der Waals surface area contributed by atoms with Gasteiger partial charge in [0.15, 0.2) is 0 Å². The van der Waals surface area contributed by atoms with Crippen molar-refractivity contribution in [2.24, 2.45) is 0 Å². The van der Waals surface area contributed by atoms with E-state index >= 15 is 0 Å². The molecule has 17 heavy (non-hydrogen) atoms. The van der Waals surface area contributed by atoms with Crippen molar-refractivity contribution in [2.45, 2.75) is 25.4 Å². The molecule has 0 saturated carbocycles. The monoisotopic (exact) mass is 256 g/mol. The molecule has 0 aromatic rings. The van der Waals surface area contributed by atoms with E-state index in [0.29, 0.717) is 0 Å². The first-order valence-corrected chi connectivity index (χ1v) is 5.00. The lowest BCUT2D eigenvalue weighted by molar-refractivity contribution is -0.137. The quantitative estimate of drug-likeness (QED) is 0.755. The van der Waals surface area contributed by atoms with Gasteiger partial charge in [-0.05, 0) is 6.42 Å². The van der Waals surface area contributed by atoms with Crippen LogP contribution in [0.5, 0.6) is 0 Å². The smallest absolute Gasteiger partial charge is 0.390 e. The summed E-state index contributed by atoms with van der Waals surface area (Å²) in [6.07, 6.45) is -5.20. The van der Waals surface area contributed by atoms with Gasteiger partial charge in [0, 0.05) is 26.6 Å².